The smallest absolute Gasteiger partial charge is 0.407 e. The first-order valence-corrected chi connectivity index (χ1v) is 6.44. The summed E-state index contributed by atoms with van der Waals surface area (Å²) in [6.45, 7) is 6.94. The molecule has 0 aromatic heterocycles. The van der Waals surface area contributed by atoms with Crippen LogP contribution < -0.4 is 5.32 Å². The first kappa shape index (κ1) is 15.8. The number of hydrogen-bond acceptors (Lipinski definition) is 3. The molecule has 0 heterocycles. The lowest BCUT2D eigenvalue weighted by Crippen LogP contribution is -2.41. The van der Waals surface area contributed by atoms with E-state index >= 15 is 0 Å². The Morgan fingerprint density at radius 3 is 2.42 bits per heavy atom. The Morgan fingerprint density at radius 1 is 1.32 bits per heavy atom. The van der Waals surface area contributed by atoms with Crippen molar-refractivity contribution in [3.8, 4) is 0 Å². The van der Waals surface area contributed by atoms with Crippen molar-refractivity contribution in [1.82, 2.24) is 5.32 Å². The Hall–Kier alpha value is -1.26. The van der Waals surface area contributed by atoms with E-state index in [4.69, 9.17) is 16.3 Å². The van der Waals surface area contributed by atoms with Crippen LogP contribution in [0.25, 0.3) is 0 Å². The Bertz CT molecular complexity index is 452. The van der Waals surface area contributed by atoms with Gasteiger partial charge in [-0.05, 0) is 33.8 Å². The van der Waals surface area contributed by atoms with Crippen molar-refractivity contribution in [1.29, 1.82) is 0 Å². The van der Waals surface area contributed by atoms with Crippen LogP contribution in [-0.4, -0.2) is 23.3 Å². The molecule has 0 aliphatic rings. The van der Waals surface area contributed by atoms with E-state index in [1.165, 1.54) is 0 Å². The van der Waals surface area contributed by atoms with Crippen LogP contribution in [0.5, 0.6) is 0 Å². The monoisotopic (exact) mass is 285 g/mol. The fourth-order valence-corrected chi connectivity index (χ4v) is 1.89. The molecule has 2 N–H and O–H groups in total. The maximum atomic E-state index is 11.5. The number of benzene rings is 1. The first-order valence-electron chi connectivity index (χ1n) is 6.06. The fraction of sp³-hybridized carbons (Fsp3) is 0.500. The average Bonchev–Trinajstić information content (AvgIpc) is 2.24. The SMILES string of the molecule is CC(C)(C)OC(=O)NCC(C)(O)c1ccccc1Cl. The molecule has 1 aromatic carbocycles. The van der Waals surface area contributed by atoms with Crippen molar-refractivity contribution in [2.75, 3.05) is 6.54 Å². The molecule has 0 saturated heterocycles. The number of amides is 1. The summed E-state index contributed by atoms with van der Waals surface area (Å²) in [7, 11) is 0. The van der Waals surface area contributed by atoms with E-state index in [0.29, 0.717) is 10.6 Å². The molecule has 1 amide bonds. The molecule has 0 saturated carbocycles. The van der Waals surface area contributed by atoms with Crippen LogP contribution in [0.15, 0.2) is 24.3 Å². The van der Waals surface area contributed by atoms with Crippen molar-refractivity contribution < 1.29 is 14.6 Å². The van der Waals surface area contributed by atoms with Gasteiger partial charge in [-0.1, -0.05) is 29.8 Å². The third-order valence-electron chi connectivity index (χ3n) is 2.43. The zero-order valence-corrected chi connectivity index (χ0v) is 12.4. The second-order valence-electron chi connectivity index (χ2n) is 5.61. The minimum absolute atomic E-state index is 0.0195. The molecular formula is C14H20ClNO3. The molecule has 0 radical (unpaired) electrons. The molecule has 106 valence electrons. The molecule has 5 heteroatoms. The Balaban J connectivity index is 2.66. The number of ether oxygens (including phenoxy) is 1. The molecule has 19 heavy (non-hydrogen) atoms. The minimum atomic E-state index is -1.25. The average molecular weight is 286 g/mol. The lowest BCUT2D eigenvalue weighted by Gasteiger charge is -2.26. The number of rotatable bonds is 3. The number of carbonyl (C=O) groups is 1. The third kappa shape index (κ3) is 5.09. The van der Waals surface area contributed by atoms with E-state index in [-0.39, 0.29) is 6.54 Å². The van der Waals surface area contributed by atoms with Gasteiger partial charge < -0.3 is 15.2 Å². The molecule has 0 aliphatic carbocycles. The van der Waals surface area contributed by atoms with Crippen LogP contribution in [0.4, 0.5) is 4.79 Å². The summed E-state index contributed by atoms with van der Waals surface area (Å²) in [5, 5.41) is 13.4. The summed E-state index contributed by atoms with van der Waals surface area (Å²) >= 11 is 6.03. The quantitative estimate of drug-likeness (QED) is 0.897. The zero-order valence-electron chi connectivity index (χ0n) is 11.7. The largest absolute Gasteiger partial charge is 0.444 e. The van der Waals surface area contributed by atoms with Gasteiger partial charge in [0.25, 0.3) is 0 Å². The van der Waals surface area contributed by atoms with Gasteiger partial charge in [-0.3, -0.25) is 0 Å². The number of carbonyl (C=O) groups excluding carboxylic acids is 1. The summed E-state index contributed by atoms with van der Waals surface area (Å²) in [6, 6.07) is 6.98. The minimum Gasteiger partial charge on any atom is -0.444 e. The fourth-order valence-electron chi connectivity index (χ4n) is 1.55. The summed E-state index contributed by atoms with van der Waals surface area (Å²) in [6.07, 6.45) is -0.570. The maximum Gasteiger partial charge on any atom is 0.407 e. The van der Waals surface area contributed by atoms with Gasteiger partial charge in [0.2, 0.25) is 0 Å². The van der Waals surface area contributed by atoms with Crippen LogP contribution in [0.2, 0.25) is 5.02 Å². The van der Waals surface area contributed by atoms with Crippen molar-refractivity contribution in [3.63, 3.8) is 0 Å². The Labute approximate surface area is 118 Å². The zero-order chi connectivity index (χ0) is 14.7. The number of nitrogens with one attached hydrogen (secondary N) is 1. The molecule has 0 aliphatic heterocycles. The lowest BCUT2D eigenvalue weighted by atomic mass is 9.96. The maximum absolute atomic E-state index is 11.5. The van der Waals surface area contributed by atoms with Crippen molar-refractivity contribution in [2.45, 2.75) is 38.9 Å². The first-order chi connectivity index (χ1) is 8.62. The third-order valence-corrected chi connectivity index (χ3v) is 2.76. The van der Waals surface area contributed by atoms with E-state index in [1.807, 2.05) is 0 Å². The highest BCUT2D eigenvalue weighted by molar-refractivity contribution is 6.31. The van der Waals surface area contributed by atoms with E-state index < -0.39 is 17.3 Å². The Morgan fingerprint density at radius 2 is 1.89 bits per heavy atom. The van der Waals surface area contributed by atoms with E-state index in [9.17, 15) is 9.90 Å². The van der Waals surface area contributed by atoms with Gasteiger partial charge in [-0.2, -0.15) is 0 Å². The highest BCUT2D eigenvalue weighted by Gasteiger charge is 2.27. The van der Waals surface area contributed by atoms with Gasteiger partial charge in [-0.15, -0.1) is 0 Å². The number of hydrogen-bond donors (Lipinski definition) is 2. The van der Waals surface area contributed by atoms with Crippen LogP contribution in [-0.2, 0) is 10.3 Å². The summed E-state index contributed by atoms with van der Waals surface area (Å²) in [5.41, 5.74) is -1.26. The van der Waals surface area contributed by atoms with Gasteiger partial charge in [0.15, 0.2) is 0 Å². The summed E-state index contributed by atoms with van der Waals surface area (Å²) in [5.74, 6) is 0. The van der Waals surface area contributed by atoms with Crippen LogP contribution in [0.3, 0.4) is 0 Å². The molecule has 1 unspecified atom stereocenters. The second kappa shape index (κ2) is 5.80. The van der Waals surface area contributed by atoms with Crippen LogP contribution >= 0.6 is 11.6 Å². The molecule has 1 rings (SSSR count). The molecule has 0 fully saturated rings. The number of alkyl carbamates (subject to hydrolysis) is 1. The van der Waals surface area contributed by atoms with Crippen molar-refractivity contribution in [2.24, 2.45) is 0 Å². The molecule has 0 spiro atoms. The summed E-state index contributed by atoms with van der Waals surface area (Å²) < 4.78 is 5.11. The highest BCUT2D eigenvalue weighted by Crippen LogP contribution is 2.27. The molecule has 4 nitrogen and oxygen atoms in total. The van der Waals surface area contributed by atoms with Gasteiger partial charge in [0, 0.05) is 10.6 Å². The second-order valence-corrected chi connectivity index (χ2v) is 6.02. The predicted molar refractivity (Wildman–Crippen MR) is 75.3 cm³/mol. The molecular weight excluding hydrogens is 266 g/mol. The standard InChI is InChI=1S/C14H20ClNO3/c1-13(2,3)19-12(17)16-9-14(4,18)10-7-5-6-8-11(10)15/h5-8,18H,9H2,1-4H3,(H,16,17). The van der Waals surface area contributed by atoms with Gasteiger partial charge in [0.1, 0.15) is 11.2 Å². The number of halogens is 1. The van der Waals surface area contributed by atoms with Gasteiger partial charge >= 0.3 is 6.09 Å². The van der Waals surface area contributed by atoms with E-state index in [2.05, 4.69) is 5.32 Å². The molecule has 1 atom stereocenters. The van der Waals surface area contributed by atoms with Gasteiger partial charge in [0.05, 0.1) is 6.54 Å². The highest BCUT2D eigenvalue weighted by atomic mass is 35.5. The van der Waals surface area contributed by atoms with E-state index in [1.54, 1.807) is 52.0 Å². The van der Waals surface area contributed by atoms with E-state index in [0.717, 1.165) is 0 Å². The Kier molecular flexibility index (Phi) is 4.82. The van der Waals surface area contributed by atoms with Gasteiger partial charge in [-0.25, -0.2) is 4.79 Å². The predicted octanol–water partition coefficient (Wildman–Crippen LogP) is 3.07. The number of aliphatic hydroxyl groups is 1. The van der Waals surface area contributed by atoms with Crippen LogP contribution in [0.1, 0.15) is 33.3 Å². The molecule has 0 bridgehead atoms. The topological polar surface area (TPSA) is 58.6 Å². The summed E-state index contributed by atoms with van der Waals surface area (Å²) in [4.78, 5) is 11.5. The van der Waals surface area contributed by atoms with Crippen molar-refractivity contribution in [3.05, 3.63) is 34.9 Å². The molecule has 1 aromatic rings. The van der Waals surface area contributed by atoms with Crippen LogP contribution in [0, 0.1) is 0 Å². The normalized spacial score (nSPS) is 14.6. The lowest BCUT2D eigenvalue weighted by molar-refractivity contribution is 0.0317. The van der Waals surface area contributed by atoms with Crippen molar-refractivity contribution >= 4 is 17.7 Å².